The summed E-state index contributed by atoms with van der Waals surface area (Å²) in [5, 5.41) is 0. The van der Waals surface area contributed by atoms with E-state index in [1.54, 1.807) is 0 Å². The van der Waals surface area contributed by atoms with E-state index in [1.165, 1.54) is 0 Å². The fraction of sp³-hybridized carbons (Fsp3) is 0.0500. The number of benzene rings is 6. The molecule has 0 N–H and O–H groups in total. The average molecular weight is 559 g/mol. The Morgan fingerprint density at radius 3 is 0.628 bits per heavy atom. The molecule has 0 heterocycles. The normalized spacial score (nSPS) is 11.4. The monoisotopic (exact) mass is 558 g/mol. The van der Waals surface area contributed by atoms with Gasteiger partial charge in [-0.1, -0.05) is 182 Å². The van der Waals surface area contributed by atoms with E-state index in [9.17, 15) is 9.59 Å². The lowest BCUT2D eigenvalue weighted by Crippen LogP contribution is -2.46. The molecule has 6 rings (SSSR count). The van der Waals surface area contributed by atoms with Gasteiger partial charge in [0.1, 0.15) is 10.8 Å². The van der Waals surface area contributed by atoms with Gasteiger partial charge in [-0.05, 0) is 33.4 Å². The number of rotatable bonds is 8. The largest absolute Gasteiger partial charge is 0.391 e. The van der Waals surface area contributed by atoms with E-state index in [1.807, 2.05) is 182 Å². The third-order valence-corrected chi connectivity index (χ3v) is 8.04. The highest BCUT2D eigenvalue weighted by Crippen LogP contribution is 2.44. The van der Waals surface area contributed by atoms with Crippen LogP contribution in [0.3, 0.4) is 0 Å². The van der Waals surface area contributed by atoms with Crippen LogP contribution in [0, 0.1) is 0 Å². The Balaban J connectivity index is 1.60. The zero-order valence-electron chi connectivity index (χ0n) is 23.5. The number of ether oxygens (including phenoxy) is 1. The van der Waals surface area contributed by atoms with Gasteiger partial charge in [0.15, 0.2) is 0 Å². The summed E-state index contributed by atoms with van der Waals surface area (Å²) in [6.07, 6.45) is 0. The van der Waals surface area contributed by atoms with Crippen molar-refractivity contribution in [1.29, 1.82) is 0 Å². The van der Waals surface area contributed by atoms with Crippen LogP contribution in [0.4, 0.5) is 0 Å². The van der Waals surface area contributed by atoms with Crippen LogP contribution in [0.25, 0.3) is 0 Å². The van der Waals surface area contributed by atoms with E-state index in [0.29, 0.717) is 33.4 Å². The highest BCUT2D eigenvalue weighted by molar-refractivity contribution is 6.03. The molecule has 0 fully saturated rings. The Hall–Kier alpha value is -5.54. The van der Waals surface area contributed by atoms with Crippen LogP contribution < -0.4 is 0 Å². The number of carbonyl (C=O) groups is 2. The van der Waals surface area contributed by atoms with Gasteiger partial charge < -0.3 is 4.74 Å². The minimum atomic E-state index is -1.41. The standard InChI is InChI=1S/C40H30O3/c41-37(39(31-19-7-1-8-20-31,32-21-9-2-10-22-32)33-23-11-3-12-24-33)43-38(42)40(34-25-13-4-14-26-34,35-27-15-5-16-28-35)36-29-17-6-18-30-36/h1-30H. The summed E-state index contributed by atoms with van der Waals surface area (Å²) >= 11 is 0. The molecule has 0 saturated heterocycles. The second-order valence-electron chi connectivity index (χ2n) is 10.4. The summed E-state index contributed by atoms with van der Waals surface area (Å²) in [7, 11) is 0. The fourth-order valence-electron chi connectivity index (χ4n) is 6.07. The predicted octanol–water partition coefficient (Wildman–Crippen LogP) is 8.13. The van der Waals surface area contributed by atoms with Crippen LogP contribution >= 0.6 is 0 Å². The van der Waals surface area contributed by atoms with Crippen LogP contribution in [0.15, 0.2) is 182 Å². The average Bonchev–Trinajstić information content (AvgIpc) is 3.08. The minimum absolute atomic E-state index is 0.673. The Labute approximate surface area is 252 Å². The van der Waals surface area contributed by atoms with Crippen molar-refractivity contribution in [3.63, 3.8) is 0 Å². The van der Waals surface area contributed by atoms with Gasteiger partial charge in [-0.2, -0.15) is 0 Å². The quantitative estimate of drug-likeness (QED) is 0.108. The third-order valence-electron chi connectivity index (χ3n) is 8.04. The number of carbonyl (C=O) groups excluding carboxylic acids is 2. The van der Waals surface area contributed by atoms with Crippen molar-refractivity contribution < 1.29 is 14.3 Å². The summed E-state index contributed by atoms with van der Waals surface area (Å²) in [6.45, 7) is 0. The summed E-state index contributed by atoms with van der Waals surface area (Å²) in [6, 6.07) is 57.1. The molecule has 0 aliphatic heterocycles. The molecule has 208 valence electrons. The van der Waals surface area contributed by atoms with Gasteiger partial charge >= 0.3 is 11.9 Å². The topological polar surface area (TPSA) is 43.4 Å². The van der Waals surface area contributed by atoms with E-state index < -0.39 is 22.8 Å². The molecule has 0 bridgehead atoms. The van der Waals surface area contributed by atoms with Crippen LogP contribution in [0.2, 0.25) is 0 Å². The Morgan fingerprint density at radius 2 is 0.465 bits per heavy atom. The second kappa shape index (κ2) is 12.1. The second-order valence-corrected chi connectivity index (χ2v) is 10.4. The van der Waals surface area contributed by atoms with Gasteiger partial charge in [-0.25, -0.2) is 9.59 Å². The van der Waals surface area contributed by atoms with E-state index in [-0.39, 0.29) is 0 Å². The van der Waals surface area contributed by atoms with Gasteiger partial charge in [0.2, 0.25) is 0 Å². The maximum Gasteiger partial charge on any atom is 0.333 e. The van der Waals surface area contributed by atoms with Crippen molar-refractivity contribution >= 4 is 11.9 Å². The van der Waals surface area contributed by atoms with Crippen molar-refractivity contribution in [2.75, 3.05) is 0 Å². The van der Waals surface area contributed by atoms with Crippen LogP contribution in [-0.2, 0) is 25.2 Å². The summed E-state index contributed by atoms with van der Waals surface area (Å²) in [5.41, 5.74) is 1.41. The Morgan fingerprint density at radius 1 is 0.302 bits per heavy atom. The molecular weight excluding hydrogens is 528 g/mol. The lowest BCUT2D eigenvalue weighted by atomic mass is 9.68. The molecule has 6 aromatic rings. The van der Waals surface area contributed by atoms with Gasteiger partial charge in [0.25, 0.3) is 0 Å². The van der Waals surface area contributed by atoms with E-state index in [0.717, 1.165) is 0 Å². The SMILES string of the molecule is O=C(OC(=O)C(c1ccccc1)(c1ccccc1)c1ccccc1)C(c1ccccc1)(c1ccccc1)c1ccccc1. The van der Waals surface area contributed by atoms with E-state index >= 15 is 0 Å². The molecule has 0 aliphatic rings. The van der Waals surface area contributed by atoms with E-state index in [4.69, 9.17) is 4.74 Å². The summed E-state index contributed by atoms with van der Waals surface area (Å²) in [4.78, 5) is 29.9. The van der Waals surface area contributed by atoms with Crippen molar-refractivity contribution in [3.8, 4) is 0 Å². The zero-order valence-corrected chi connectivity index (χ0v) is 23.5. The minimum Gasteiger partial charge on any atom is -0.391 e. The first-order chi connectivity index (χ1) is 21.2. The molecule has 6 aromatic carbocycles. The molecule has 0 unspecified atom stereocenters. The highest BCUT2D eigenvalue weighted by atomic mass is 16.6. The molecule has 0 atom stereocenters. The maximum atomic E-state index is 15.0. The maximum absolute atomic E-state index is 15.0. The van der Waals surface area contributed by atoms with Crippen LogP contribution in [-0.4, -0.2) is 11.9 Å². The first-order valence-electron chi connectivity index (χ1n) is 14.3. The number of hydrogen-bond donors (Lipinski definition) is 0. The molecule has 3 nitrogen and oxygen atoms in total. The molecule has 0 radical (unpaired) electrons. The highest BCUT2D eigenvalue weighted by Gasteiger charge is 2.51. The first kappa shape index (κ1) is 27.6. The Kier molecular flexibility index (Phi) is 7.80. The lowest BCUT2D eigenvalue weighted by Gasteiger charge is -2.36. The lowest BCUT2D eigenvalue weighted by molar-refractivity contribution is -0.164. The molecule has 3 heteroatoms. The van der Waals surface area contributed by atoms with E-state index in [2.05, 4.69) is 0 Å². The summed E-state index contributed by atoms with van der Waals surface area (Å²) < 4.78 is 6.23. The predicted molar refractivity (Wildman–Crippen MR) is 170 cm³/mol. The molecule has 43 heavy (non-hydrogen) atoms. The summed E-state index contributed by atoms with van der Waals surface area (Å²) in [5.74, 6) is -1.35. The molecule has 0 spiro atoms. The van der Waals surface area contributed by atoms with Crippen LogP contribution in [0.5, 0.6) is 0 Å². The molecule has 0 aliphatic carbocycles. The van der Waals surface area contributed by atoms with Gasteiger partial charge in [0.05, 0.1) is 0 Å². The number of esters is 2. The van der Waals surface area contributed by atoms with Crippen molar-refractivity contribution in [2.45, 2.75) is 10.8 Å². The molecule has 0 saturated carbocycles. The van der Waals surface area contributed by atoms with Crippen molar-refractivity contribution in [2.24, 2.45) is 0 Å². The number of hydrogen-bond acceptors (Lipinski definition) is 3. The van der Waals surface area contributed by atoms with Crippen molar-refractivity contribution in [3.05, 3.63) is 215 Å². The van der Waals surface area contributed by atoms with Crippen molar-refractivity contribution in [1.82, 2.24) is 0 Å². The smallest absolute Gasteiger partial charge is 0.333 e. The zero-order chi connectivity index (χ0) is 29.5. The molecule has 0 amide bonds. The van der Waals surface area contributed by atoms with Gasteiger partial charge in [-0.15, -0.1) is 0 Å². The first-order valence-corrected chi connectivity index (χ1v) is 14.3. The van der Waals surface area contributed by atoms with Gasteiger partial charge in [-0.3, -0.25) is 0 Å². The Bertz CT molecular complexity index is 1460. The molecule has 0 aromatic heterocycles. The molecular formula is C40H30O3. The third kappa shape index (κ3) is 4.85. The van der Waals surface area contributed by atoms with Crippen LogP contribution in [0.1, 0.15) is 33.4 Å². The van der Waals surface area contributed by atoms with Gasteiger partial charge in [0, 0.05) is 0 Å². The fourth-order valence-corrected chi connectivity index (χ4v) is 6.07.